The molecule has 15 rings (SSSR count). The van der Waals surface area contributed by atoms with Gasteiger partial charge in [0.1, 0.15) is 0 Å². The Labute approximate surface area is 458 Å². The standard InChI is InChI=1S/C76H60N2/c1-74(2)64-25-15-13-23-58(64)60-40-35-53(45-67(60)74)72(50-19-9-7-10-20-50)51-31-29-48(30-32-51)52-36-42-70-62(43-52)63-44-54(46-69-73(63)78(70)71-28-18-17-27-66(71)76(69,5)6)49-33-37-56(38-34-49)77(55-21-11-8-12-22-55)57-39-41-61-59-24-14-16-26-65(59)75(3,4)68(61)47-57/h7-47,72H,1-6H3. The Bertz CT molecular complexity index is 4380. The number of nitrogens with zero attached hydrogens (tertiary/aromatic N) is 2. The maximum Gasteiger partial charge on any atom is 0.0582 e. The normalized spacial score (nSPS) is 15.1. The minimum absolute atomic E-state index is 0.0710. The van der Waals surface area contributed by atoms with E-state index in [2.05, 4.69) is 300 Å². The third-order valence-electron chi connectivity index (χ3n) is 18.3. The van der Waals surface area contributed by atoms with Gasteiger partial charge in [0.15, 0.2) is 0 Å². The van der Waals surface area contributed by atoms with Crippen molar-refractivity contribution in [3.05, 3.63) is 299 Å². The first-order valence-electron chi connectivity index (χ1n) is 27.8. The number of hydrogen-bond acceptors (Lipinski definition) is 1. The van der Waals surface area contributed by atoms with Crippen LogP contribution in [0.4, 0.5) is 17.1 Å². The summed E-state index contributed by atoms with van der Waals surface area (Å²) in [5, 5.41) is 2.54. The van der Waals surface area contributed by atoms with Gasteiger partial charge in [-0.2, -0.15) is 0 Å². The lowest BCUT2D eigenvalue weighted by Gasteiger charge is -2.35. The lowest BCUT2D eigenvalue weighted by Crippen LogP contribution is -2.26. The quantitative estimate of drug-likeness (QED) is 0.138. The highest BCUT2D eigenvalue weighted by Crippen LogP contribution is 2.54. The molecule has 2 nitrogen and oxygen atoms in total. The molecule has 1 unspecified atom stereocenters. The second-order valence-corrected chi connectivity index (χ2v) is 23.7. The summed E-state index contributed by atoms with van der Waals surface area (Å²) < 4.78 is 2.54. The largest absolute Gasteiger partial charge is 0.310 e. The van der Waals surface area contributed by atoms with Gasteiger partial charge in [-0.3, -0.25) is 0 Å². The fourth-order valence-corrected chi connectivity index (χ4v) is 14.2. The summed E-state index contributed by atoms with van der Waals surface area (Å²) in [6, 6.07) is 93.7. The predicted octanol–water partition coefficient (Wildman–Crippen LogP) is 20.0. The highest BCUT2D eigenvalue weighted by molar-refractivity contribution is 6.14. The first-order valence-corrected chi connectivity index (χ1v) is 27.8. The molecule has 2 heterocycles. The van der Waals surface area contributed by atoms with E-state index in [0.29, 0.717) is 0 Å². The number of fused-ring (bicyclic) bond motifs is 11. The molecule has 374 valence electrons. The zero-order valence-electron chi connectivity index (χ0n) is 45.1. The molecule has 0 N–H and O–H groups in total. The predicted molar refractivity (Wildman–Crippen MR) is 327 cm³/mol. The van der Waals surface area contributed by atoms with Crippen LogP contribution in [0.1, 0.15) is 97.5 Å². The monoisotopic (exact) mass is 1000 g/mol. The molecule has 3 aliphatic rings. The van der Waals surface area contributed by atoms with Crippen molar-refractivity contribution in [1.82, 2.24) is 4.57 Å². The Morgan fingerprint density at radius 1 is 0.308 bits per heavy atom. The molecule has 0 amide bonds. The van der Waals surface area contributed by atoms with Crippen molar-refractivity contribution in [2.45, 2.75) is 63.7 Å². The summed E-state index contributed by atoms with van der Waals surface area (Å²) in [4.78, 5) is 2.41. The Hall–Kier alpha value is -8.98. The average molecular weight is 1000 g/mol. The highest BCUT2D eigenvalue weighted by Gasteiger charge is 2.39. The Balaban J connectivity index is 0.828. The smallest absolute Gasteiger partial charge is 0.0582 e. The molecule has 0 fully saturated rings. The van der Waals surface area contributed by atoms with Crippen LogP contribution in [0.2, 0.25) is 0 Å². The van der Waals surface area contributed by atoms with Gasteiger partial charge in [0.25, 0.3) is 0 Å². The third kappa shape index (κ3) is 6.82. The Morgan fingerprint density at radius 2 is 0.782 bits per heavy atom. The SMILES string of the molecule is CC1(C)c2ccccc2-c2ccc(C(c3ccccc3)c3ccc(-c4ccc5c(c4)c4cc(-c6ccc(N(c7ccccc7)c7ccc8c(c7)C(C)(C)c7ccccc7-8)cc6)cc6c4n5-c4ccccc4C6(C)C)cc3)cc21. The van der Waals surface area contributed by atoms with Gasteiger partial charge in [0.2, 0.25) is 0 Å². The molecule has 2 aliphatic carbocycles. The van der Waals surface area contributed by atoms with Crippen LogP contribution in [-0.4, -0.2) is 4.57 Å². The van der Waals surface area contributed by atoms with Gasteiger partial charge in [-0.15, -0.1) is 0 Å². The average Bonchev–Trinajstić information content (AvgIpc) is 4.07. The van der Waals surface area contributed by atoms with Crippen LogP contribution >= 0.6 is 0 Å². The van der Waals surface area contributed by atoms with E-state index in [4.69, 9.17) is 0 Å². The van der Waals surface area contributed by atoms with Crippen molar-refractivity contribution in [3.8, 4) is 50.2 Å². The Morgan fingerprint density at radius 3 is 1.47 bits per heavy atom. The van der Waals surface area contributed by atoms with Crippen LogP contribution in [-0.2, 0) is 16.2 Å². The van der Waals surface area contributed by atoms with E-state index in [1.54, 1.807) is 0 Å². The van der Waals surface area contributed by atoms with Crippen molar-refractivity contribution in [2.75, 3.05) is 4.90 Å². The number of hydrogen-bond donors (Lipinski definition) is 0. The summed E-state index contributed by atoms with van der Waals surface area (Å²) in [5.41, 5.74) is 29.2. The zero-order valence-corrected chi connectivity index (χ0v) is 45.1. The van der Waals surface area contributed by atoms with Crippen molar-refractivity contribution < 1.29 is 0 Å². The van der Waals surface area contributed by atoms with Gasteiger partial charge in [0, 0.05) is 50.0 Å². The Kier molecular flexibility index (Phi) is 10.1. The highest BCUT2D eigenvalue weighted by atomic mass is 15.1. The van der Waals surface area contributed by atoms with Gasteiger partial charge >= 0.3 is 0 Å². The lowest BCUT2D eigenvalue weighted by molar-refractivity contribution is 0.630. The second-order valence-electron chi connectivity index (χ2n) is 23.7. The fourth-order valence-electron chi connectivity index (χ4n) is 14.2. The number of benzene rings is 11. The third-order valence-corrected chi connectivity index (χ3v) is 18.3. The van der Waals surface area contributed by atoms with Crippen LogP contribution in [0.5, 0.6) is 0 Å². The van der Waals surface area contributed by atoms with Gasteiger partial charge in [0.05, 0.1) is 16.7 Å². The van der Waals surface area contributed by atoms with Crippen LogP contribution in [0.25, 0.3) is 72.0 Å². The number of aromatic nitrogens is 1. The molecular formula is C76H60N2. The van der Waals surface area contributed by atoms with Crippen LogP contribution in [0.3, 0.4) is 0 Å². The molecule has 0 saturated heterocycles. The summed E-state index contributed by atoms with van der Waals surface area (Å²) in [5.74, 6) is 0.0905. The van der Waals surface area contributed by atoms with Crippen LogP contribution in [0.15, 0.2) is 249 Å². The molecule has 2 heteroatoms. The summed E-state index contributed by atoms with van der Waals surface area (Å²) in [7, 11) is 0. The number of anilines is 3. The van der Waals surface area contributed by atoms with Crippen molar-refractivity contribution >= 4 is 38.9 Å². The van der Waals surface area contributed by atoms with E-state index in [1.807, 2.05) is 0 Å². The first kappa shape index (κ1) is 46.3. The second kappa shape index (κ2) is 17.0. The summed E-state index contributed by atoms with van der Waals surface area (Å²) in [6.07, 6.45) is 0. The maximum atomic E-state index is 2.54. The van der Waals surface area contributed by atoms with E-state index in [1.165, 1.54) is 122 Å². The molecule has 11 aromatic carbocycles. The van der Waals surface area contributed by atoms with Gasteiger partial charge in [-0.1, -0.05) is 224 Å². The molecule has 0 radical (unpaired) electrons. The van der Waals surface area contributed by atoms with Crippen molar-refractivity contribution in [3.63, 3.8) is 0 Å². The maximum absolute atomic E-state index is 2.54. The van der Waals surface area contributed by atoms with E-state index in [9.17, 15) is 0 Å². The summed E-state index contributed by atoms with van der Waals surface area (Å²) >= 11 is 0. The molecule has 0 bridgehead atoms. The van der Waals surface area contributed by atoms with E-state index in [0.717, 1.165) is 17.1 Å². The fraction of sp³-hybridized carbons (Fsp3) is 0.132. The van der Waals surface area contributed by atoms with Crippen LogP contribution in [0, 0.1) is 0 Å². The molecule has 0 spiro atoms. The molecule has 1 atom stereocenters. The lowest BCUT2D eigenvalue weighted by atomic mass is 9.74. The first-order chi connectivity index (χ1) is 37.9. The molecule has 0 saturated carbocycles. The van der Waals surface area contributed by atoms with Crippen molar-refractivity contribution in [1.29, 1.82) is 0 Å². The molecule has 12 aromatic rings. The van der Waals surface area contributed by atoms with Crippen molar-refractivity contribution in [2.24, 2.45) is 0 Å². The van der Waals surface area contributed by atoms with E-state index in [-0.39, 0.29) is 22.2 Å². The topological polar surface area (TPSA) is 8.17 Å². The number of rotatable bonds is 8. The summed E-state index contributed by atoms with van der Waals surface area (Å²) in [6.45, 7) is 14.3. The molecule has 1 aliphatic heterocycles. The van der Waals surface area contributed by atoms with Gasteiger partial charge < -0.3 is 9.47 Å². The molecule has 78 heavy (non-hydrogen) atoms. The minimum Gasteiger partial charge on any atom is -0.310 e. The van der Waals surface area contributed by atoms with Gasteiger partial charge in [-0.05, 0) is 161 Å². The molecular weight excluding hydrogens is 941 g/mol. The number of para-hydroxylation sites is 2. The minimum atomic E-state index is -0.229. The zero-order chi connectivity index (χ0) is 52.7. The molecule has 1 aromatic heterocycles. The van der Waals surface area contributed by atoms with E-state index >= 15 is 0 Å². The van der Waals surface area contributed by atoms with E-state index < -0.39 is 0 Å². The van der Waals surface area contributed by atoms with Crippen LogP contribution < -0.4 is 4.90 Å². The van der Waals surface area contributed by atoms with Gasteiger partial charge in [-0.25, -0.2) is 0 Å².